The zero-order valence-corrected chi connectivity index (χ0v) is 24.6. The van der Waals surface area contributed by atoms with E-state index < -0.39 is 52.0 Å². The predicted octanol–water partition coefficient (Wildman–Crippen LogP) is 6.12. The number of hydrogen-bond acceptors (Lipinski definition) is 6. The van der Waals surface area contributed by atoms with Gasteiger partial charge < -0.3 is 16.4 Å². The molecular weight excluding hydrogens is 603 g/mol. The van der Waals surface area contributed by atoms with Gasteiger partial charge in [-0.2, -0.15) is 13.2 Å². The Labute approximate surface area is 254 Å². The number of anilines is 1. The average molecular weight is 639 g/mol. The summed E-state index contributed by atoms with van der Waals surface area (Å²) in [4.78, 5) is 13.5. The second kappa shape index (κ2) is 13.1. The lowest BCUT2D eigenvalue weighted by atomic mass is 9.84. The van der Waals surface area contributed by atoms with E-state index in [1.807, 2.05) is 0 Å². The molecule has 3 unspecified atom stereocenters. The van der Waals surface area contributed by atoms with Gasteiger partial charge in [0.15, 0.2) is 0 Å². The number of halogens is 5. The summed E-state index contributed by atoms with van der Waals surface area (Å²) in [6.07, 6.45) is -2.58. The van der Waals surface area contributed by atoms with Crippen molar-refractivity contribution in [3.05, 3.63) is 101 Å². The van der Waals surface area contributed by atoms with Gasteiger partial charge in [0, 0.05) is 42.3 Å². The summed E-state index contributed by atoms with van der Waals surface area (Å²) in [5.74, 6) is -2.71. The molecule has 238 valence electrons. The van der Waals surface area contributed by atoms with Crippen LogP contribution >= 0.6 is 10.8 Å². The van der Waals surface area contributed by atoms with Gasteiger partial charge in [-0.05, 0) is 67.1 Å². The molecule has 2 aliphatic rings. The molecule has 5 rings (SSSR count). The van der Waals surface area contributed by atoms with Crippen LogP contribution in [0.25, 0.3) is 0 Å². The zero-order chi connectivity index (χ0) is 31.6. The van der Waals surface area contributed by atoms with Crippen molar-refractivity contribution in [2.45, 2.75) is 55.9 Å². The number of fused-ring (bicyclic) bond motifs is 2. The Morgan fingerprint density at radius 2 is 1.80 bits per heavy atom. The lowest BCUT2D eigenvalue weighted by Crippen LogP contribution is -2.55. The number of alkyl halides is 3. The van der Waals surface area contributed by atoms with Crippen LogP contribution < -0.4 is 16.4 Å². The Morgan fingerprint density at radius 3 is 2.52 bits per heavy atom. The highest BCUT2D eigenvalue weighted by Crippen LogP contribution is 2.49. The number of rotatable bonds is 8. The van der Waals surface area contributed by atoms with Crippen molar-refractivity contribution in [2.24, 2.45) is 5.73 Å². The molecule has 0 radical (unpaired) electrons. The molecule has 2 aliphatic heterocycles. The van der Waals surface area contributed by atoms with Gasteiger partial charge in [-0.25, -0.2) is 13.1 Å². The SMILES string of the molecule is N[C@H](C(=O)Nc1cccc(F)c1CCC1CNC2CCCS(O)(O)N1C2)[C@@H](c1ccc(F)cc1)c1cccc(C(F)(F)F)c1. The van der Waals surface area contributed by atoms with E-state index in [9.17, 15) is 31.5 Å². The average Bonchev–Trinajstić information content (AvgIpc) is 3.09. The Kier molecular flexibility index (Phi) is 9.64. The number of benzene rings is 3. The Bertz CT molecular complexity index is 1470. The van der Waals surface area contributed by atoms with Crippen LogP contribution in [0.5, 0.6) is 0 Å². The van der Waals surface area contributed by atoms with Crippen molar-refractivity contribution in [3.63, 3.8) is 0 Å². The third kappa shape index (κ3) is 7.24. The van der Waals surface area contributed by atoms with E-state index in [0.717, 1.165) is 30.7 Å². The van der Waals surface area contributed by atoms with Crippen LogP contribution in [0.2, 0.25) is 0 Å². The topological polar surface area (TPSA) is 111 Å². The van der Waals surface area contributed by atoms with Gasteiger partial charge in [-0.1, -0.05) is 36.4 Å². The number of carbonyl (C=O) groups excluding carboxylic acids is 1. The minimum Gasteiger partial charge on any atom is -0.324 e. The molecule has 3 aromatic carbocycles. The summed E-state index contributed by atoms with van der Waals surface area (Å²) in [7, 11) is -2.95. The summed E-state index contributed by atoms with van der Waals surface area (Å²) in [5.41, 5.74) is 6.25. The molecule has 1 amide bonds. The van der Waals surface area contributed by atoms with Crippen molar-refractivity contribution < 1.29 is 35.9 Å². The maximum absolute atomic E-state index is 15.2. The van der Waals surface area contributed by atoms with Crippen LogP contribution in [-0.2, 0) is 17.4 Å². The molecule has 2 saturated heterocycles. The van der Waals surface area contributed by atoms with Crippen molar-refractivity contribution in [1.82, 2.24) is 9.62 Å². The number of piperazine rings is 1. The van der Waals surface area contributed by atoms with Crippen LogP contribution in [-0.4, -0.2) is 56.3 Å². The molecule has 0 aliphatic carbocycles. The zero-order valence-electron chi connectivity index (χ0n) is 23.7. The Morgan fingerprint density at radius 1 is 1.07 bits per heavy atom. The van der Waals surface area contributed by atoms with Crippen molar-refractivity contribution >= 4 is 22.4 Å². The summed E-state index contributed by atoms with van der Waals surface area (Å²) in [5, 5.41) is 6.09. The smallest absolute Gasteiger partial charge is 0.324 e. The minimum absolute atomic E-state index is 0.105. The fraction of sp³-hybridized carbons (Fsp3) is 0.387. The second-order valence-corrected chi connectivity index (χ2v) is 13.5. The molecule has 7 nitrogen and oxygen atoms in total. The van der Waals surface area contributed by atoms with E-state index >= 15 is 4.39 Å². The van der Waals surface area contributed by atoms with E-state index in [4.69, 9.17) is 5.73 Å². The first-order valence-electron chi connectivity index (χ1n) is 14.4. The summed E-state index contributed by atoms with van der Waals surface area (Å²) in [6, 6.07) is 12.1. The molecule has 3 aromatic rings. The quantitative estimate of drug-likeness (QED) is 0.190. The molecule has 13 heteroatoms. The summed E-state index contributed by atoms with van der Waals surface area (Å²) in [6.45, 7) is 0.973. The highest BCUT2D eigenvalue weighted by Gasteiger charge is 2.38. The van der Waals surface area contributed by atoms with Crippen molar-refractivity contribution in [2.75, 3.05) is 24.2 Å². The van der Waals surface area contributed by atoms with Gasteiger partial charge >= 0.3 is 6.18 Å². The van der Waals surface area contributed by atoms with E-state index in [2.05, 4.69) is 10.6 Å². The van der Waals surface area contributed by atoms with Crippen LogP contribution in [0.15, 0.2) is 66.7 Å². The molecule has 0 aromatic heterocycles. The van der Waals surface area contributed by atoms with E-state index in [1.165, 1.54) is 42.5 Å². The summed E-state index contributed by atoms with van der Waals surface area (Å²) < 4.78 is 92.7. The lowest BCUT2D eigenvalue weighted by molar-refractivity contribution is -0.137. The molecular formula is C31H35F5N4O3S. The van der Waals surface area contributed by atoms with Gasteiger partial charge in [0.25, 0.3) is 0 Å². The van der Waals surface area contributed by atoms with Crippen LogP contribution in [0.3, 0.4) is 0 Å². The largest absolute Gasteiger partial charge is 0.416 e. The normalized spacial score (nSPS) is 23.7. The molecule has 0 spiro atoms. The van der Waals surface area contributed by atoms with Crippen LogP contribution in [0, 0.1) is 11.6 Å². The molecule has 5 atom stereocenters. The minimum atomic E-state index is -4.64. The summed E-state index contributed by atoms with van der Waals surface area (Å²) >= 11 is 0. The van der Waals surface area contributed by atoms with Crippen molar-refractivity contribution in [3.8, 4) is 0 Å². The molecule has 2 fully saturated rings. The Hall–Kier alpha value is -3.07. The number of nitrogens with two attached hydrogens (primary N) is 1. The fourth-order valence-corrected chi connectivity index (χ4v) is 7.93. The standard InChI is InChI=1S/C31H35F5N4O3S/c32-22-11-9-19(10-12-22)28(20-4-1-5-21(16-20)31(34,35)36)29(37)30(41)39-27-8-2-7-26(33)25(27)14-13-24-17-38-23-6-3-15-44(42,43)40(24)18-23/h1-2,4-5,7-12,16,23-24,28-29,38,42-43H,3,6,13-15,17-18,37H2,(H,39,41)/t23?,24?,28-,29-/m0/s1. The highest BCUT2D eigenvalue weighted by molar-refractivity contribution is 8.22. The second-order valence-electron chi connectivity index (χ2n) is 11.3. The maximum atomic E-state index is 15.2. The van der Waals surface area contributed by atoms with Gasteiger partial charge in [0.1, 0.15) is 11.6 Å². The Balaban J connectivity index is 1.38. The number of nitrogens with one attached hydrogen (secondary N) is 2. The van der Waals surface area contributed by atoms with Gasteiger partial charge in [-0.3, -0.25) is 13.9 Å². The number of amides is 1. The highest BCUT2D eigenvalue weighted by atomic mass is 32.3. The van der Waals surface area contributed by atoms with Gasteiger partial charge in [0.05, 0.1) is 17.4 Å². The molecule has 2 bridgehead atoms. The first-order valence-corrected chi connectivity index (χ1v) is 16.0. The number of hydrogen-bond donors (Lipinski definition) is 5. The monoisotopic (exact) mass is 638 g/mol. The van der Waals surface area contributed by atoms with Crippen LogP contribution in [0.1, 0.15) is 47.4 Å². The van der Waals surface area contributed by atoms with Gasteiger partial charge in [0.2, 0.25) is 5.91 Å². The number of nitrogens with zero attached hydrogens (tertiary/aromatic N) is 1. The molecule has 44 heavy (non-hydrogen) atoms. The van der Waals surface area contributed by atoms with Crippen LogP contribution in [0.4, 0.5) is 27.6 Å². The molecule has 6 N–H and O–H groups in total. The van der Waals surface area contributed by atoms with E-state index in [1.54, 1.807) is 4.31 Å². The number of carbonyl (C=O) groups is 1. The van der Waals surface area contributed by atoms with E-state index in [0.29, 0.717) is 31.5 Å². The van der Waals surface area contributed by atoms with Gasteiger partial charge in [-0.15, -0.1) is 10.8 Å². The predicted molar refractivity (Wildman–Crippen MR) is 160 cm³/mol. The molecule has 0 saturated carbocycles. The molecule has 2 heterocycles. The lowest BCUT2D eigenvalue weighted by Gasteiger charge is -2.49. The first kappa shape index (κ1) is 32.3. The third-order valence-electron chi connectivity index (χ3n) is 8.36. The fourth-order valence-electron chi connectivity index (χ4n) is 6.07. The van der Waals surface area contributed by atoms with Crippen molar-refractivity contribution in [1.29, 1.82) is 0 Å². The first-order chi connectivity index (χ1) is 20.8. The van der Waals surface area contributed by atoms with E-state index in [-0.39, 0.29) is 41.1 Å². The third-order valence-corrected chi connectivity index (χ3v) is 10.4. The maximum Gasteiger partial charge on any atom is 0.416 e.